The van der Waals surface area contributed by atoms with E-state index in [1.807, 2.05) is 12.1 Å². The predicted octanol–water partition coefficient (Wildman–Crippen LogP) is 1.80. The van der Waals surface area contributed by atoms with E-state index in [1.54, 1.807) is 13.4 Å². The average Bonchev–Trinajstić information content (AvgIpc) is 3.53. The van der Waals surface area contributed by atoms with Crippen molar-refractivity contribution in [2.75, 3.05) is 57.9 Å². The maximum atomic E-state index is 5.79. The predicted molar refractivity (Wildman–Crippen MR) is 125 cm³/mol. The molecular formula is C23H35N7O2. The van der Waals surface area contributed by atoms with Crippen LogP contribution >= 0.6 is 0 Å². The summed E-state index contributed by atoms with van der Waals surface area (Å²) in [6, 6.07) is 8.30. The molecule has 1 aromatic carbocycles. The summed E-state index contributed by atoms with van der Waals surface area (Å²) >= 11 is 0. The van der Waals surface area contributed by atoms with Gasteiger partial charge < -0.3 is 29.2 Å². The van der Waals surface area contributed by atoms with Gasteiger partial charge in [-0.05, 0) is 37.1 Å². The van der Waals surface area contributed by atoms with Crippen LogP contribution < -0.4 is 15.0 Å². The number of aromatic nitrogens is 3. The van der Waals surface area contributed by atoms with E-state index in [9.17, 15) is 0 Å². The molecule has 4 rings (SSSR count). The minimum atomic E-state index is 0.247. The molecule has 3 heterocycles. The normalized spacial score (nSPS) is 19.4. The van der Waals surface area contributed by atoms with Crippen LogP contribution in [-0.2, 0) is 17.7 Å². The number of benzene rings is 1. The molecule has 2 aliphatic rings. The third kappa shape index (κ3) is 5.70. The van der Waals surface area contributed by atoms with E-state index in [1.165, 1.54) is 5.69 Å². The lowest BCUT2D eigenvalue weighted by atomic mass is 10.2. The van der Waals surface area contributed by atoms with Gasteiger partial charge in [0.2, 0.25) is 0 Å². The van der Waals surface area contributed by atoms with E-state index < -0.39 is 0 Å². The van der Waals surface area contributed by atoms with Crippen molar-refractivity contribution in [1.29, 1.82) is 0 Å². The molecule has 0 aliphatic carbocycles. The van der Waals surface area contributed by atoms with Crippen LogP contribution in [0.1, 0.15) is 25.6 Å². The van der Waals surface area contributed by atoms with Crippen LogP contribution in [0.3, 0.4) is 0 Å². The second-order valence-electron chi connectivity index (χ2n) is 8.19. The van der Waals surface area contributed by atoms with Crippen molar-refractivity contribution in [2.45, 2.75) is 38.8 Å². The molecule has 2 aromatic rings. The first kappa shape index (κ1) is 22.4. The van der Waals surface area contributed by atoms with Crippen molar-refractivity contribution < 1.29 is 9.47 Å². The lowest BCUT2D eigenvalue weighted by Gasteiger charge is -2.38. The summed E-state index contributed by atoms with van der Waals surface area (Å²) in [4.78, 5) is 9.72. The van der Waals surface area contributed by atoms with Gasteiger partial charge in [-0.3, -0.25) is 4.99 Å². The zero-order chi connectivity index (χ0) is 22.2. The Morgan fingerprint density at radius 3 is 2.72 bits per heavy atom. The number of hydrogen-bond donors (Lipinski definition) is 1. The van der Waals surface area contributed by atoms with Gasteiger partial charge in [0.25, 0.3) is 0 Å². The SMILES string of the molecule is CCc1nncn1CCNC(=NCC1CCCO1)N1CCN(c2ccc(OC)cc2)CC1. The first-order chi connectivity index (χ1) is 15.8. The van der Waals surface area contributed by atoms with E-state index in [4.69, 9.17) is 14.5 Å². The summed E-state index contributed by atoms with van der Waals surface area (Å²) < 4.78 is 13.2. The molecule has 32 heavy (non-hydrogen) atoms. The minimum absolute atomic E-state index is 0.247. The number of hydrogen-bond acceptors (Lipinski definition) is 6. The van der Waals surface area contributed by atoms with Crippen molar-refractivity contribution in [3.8, 4) is 5.75 Å². The van der Waals surface area contributed by atoms with Crippen LogP contribution in [-0.4, -0.2) is 84.7 Å². The molecule has 1 unspecified atom stereocenters. The molecule has 0 spiro atoms. The molecular weight excluding hydrogens is 406 g/mol. The van der Waals surface area contributed by atoms with Crippen molar-refractivity contribution in [3.05, 3.63) is 36.4 Å². The molecule has 1 N–H and O–H groups in total. The number of anilines is 1. The molecule has 9 heteroatoms. The largest absolute Gasteiger partial charge is 0.497 e. The van der Waals surface area contributed by atoms with Gasteiger partial charge in [0.15, 0.2) is 5.96 Å². The Balaban J connectivity index is 1.35. The average molecular weight is 442 g/mol. The van der Waals surface area contributed by atoms with Gasteiger partial charge in [-0.1, -0.05) is 6.92 Å². The summed E-state index contributed by atoms with van der Waals surface area (Å²) in [5.74, 6) is 2.87. The van der Waals surface area contributed by atoms with E-state index >= 15 is 0 Å². The highest BCUT2D eigenvalue weighted by molar-refractivity contribution is 5.80. The van der Waals surface area contributed by atoms with Gasteiger partial charge >= 0.3 is 0 Å². The Hall–Kier alpha value is -2.81. The summed E-state index contributed by atoms with van der Waals surface area (Å²) in [5.41, 5.74) is 1.23. The topological polar surface area (TPSA) is 80.0 Å². The monoisotopic (exact) mass is 441 g/mol. The summed E-state index contributed by atoms with van der Waals surface area (Å²) in [7, 11) is 1.70. The van der Waals surface area contributed by atoms with Crippen LogP contribution in [0.2, 0.25) is 0 Å². The van der Waals surface area contributed by atoms with Gasteiger partial charge in [0, 0.05) is 58.0 Å². The number of piperazine rings is 1. The van der Waals surface area contributed by atoms with E-state index in [-0.39, 0.29) is 6.10 Å². The molecule has 2 fully saturated rings. The molecule has 0 bridgehead atoms. The summed E-state index contributed by atoms with van der Waals surface area (Å²) in [6.45, 7) is 9.05. The summed E-state index contributed by atoms with van der Waals surface area (Å²) in [6.07, 6.45) is 5.17. The smallest absolute Gasteiger partial charge is 0.194 e. The molecule has 0 saturated carbocycles. The Morgan fingerprint density at radius 2 is 2.03 bits per heavy atom. The lowest BCUT2D eigenvalue weighted by Crippen LogP contribution is -2.53. The number of nitrogens with zero attached hydrogens (tertiary/aromatic N) is 6. The van der Waals surface area contributed by atoms with Crippen molar-refractivity contribution in [2.24, 2.45) is 4.99 Å². The van der Waals surface area contributed by atoms with Crippen LogP contribution in [0, 0.1) is 0 Å². The second kappa shape index (κ2) is 11.2. The highest BCUT2D eigenvalue weighted by atomic mass is 16.5. The molecule has 1 atom stereocenters. The number of nitrogens with one attached hydrogen (secondary N) is 1. The van der Waals surface area contributed by atoms with Gasteiger partial charge in [-0.15, -0.1) is 10.2 Å². The first-order valence-corrected chi connectivity index (χ1v) is 11.7. The molecule has 174 valence electrons. The number of aryl methyl sites for hydroxylation is 1. The quantitative estimate of drug-likeness (QED) is 0.494. The number of guanidine groups is 1. The van der Waals surface area contributed by atoms with Crippen LogP contribution in [0.4, 0.5) is 5.69 Å². The van der Waals surface area contributed by atoms with Gasteiger partial charge in [-0.2, -0.15) is 0 Å². The highest BCUT2D eigenvalue weighted by Crippen LogP contribution is 2.20. The number of ether oxygens (including phenoxy) is 2. The molecule has 2 saturated heterocycles. The Kier molecular flexibility index (Phi) is 7.82. The summed E-state index contributed by atoms with van der Waals surface area (Å²) in [5, 5.41) is 11.8. The van der Waals surface area contributed by atoms with Gasteiger partial charge in [-0.25, -0.2) is 0 Å². The van der Waals surface area contributed by atoms with Gasteiger partial charge in [0.1, 0.15) is 17.9 Å². The third-order valence-electron chi connectivity index (χ3n) is 6.13. The minimum Gasteiger partial charge on any atom is -0.497 e. The molecule has 0 amide bonds. The Bertz CT molecular complexity index is 853. The maximum absolute atomic E-state index is 5.79. The van der Waals surface area contributed by atoms with Crippen molar-refractivity contribution in [1.82, 2.24) is 25.0 Å². The third-order valence-corrected chi connectivity index (χ3v) is 6.13. The van der Waals surface area contributed by atoms with Crippen molar-refractivity contribution in [3.63, 3.8) is 0 Å². The maximum Gasteiger partial charge on any atom is 0.194 e. The Labute approximate surface area is 190 Å². The van der Waals surface area contributed by atoms with Crippen LogP contribution in [0.25, 0.3) is 0 Å². The fraction of sp³-hybridized carbons (Fsp3) is 0.609. The highest BCUT2D eigenvalue weighted by Gasteiger charge is 2.21. The van der Waals surface area contributed by atoms with E-state index in [0.717, 1.165) is 82.7 Å². The molecule has 2 aliphatic heterocycles. The number of rotatable bonds is 8. The van der Waals surface area contributed by atoms with Crippen LogP contribution in [0.15, 0.2) is 35.6 Å². The molecule has 0 radical (unpaired) electrons. The molecule has 9 nitrogen and oxygen atoms in total. The number of aliphatic imine (C=N–C) groups is 1. The van der Waals surface area contributed by atoms with E-state index in [0.29, 0.717) is 6.54 Å². The van der Waals surface area contributed by atoms with E-state index in [2.05, 4.69) is 48.9 Å². The molecule has 1 aromatic heterocycles. The van der Waals surface area contributed by atoms with Gasteiger partial charge in [0.05, 0.1) is 19.8 Å². The standard InChI is InChI=1S/C23H35N7O2/c1-3-22-27-26-18-30(22)11-10-24-23(25-17-21-5-4-16-32-21)29-14-12-28(13-15-29)19-6-8-20(31-2)9-7-19/h6-9,18,21H,3-5,10-17H2,1-2H3,(H,24,25). The Morgan fingerprint density at radius 1 is 1.22 bits per heavy atom. The zero-order valence-corrected chi connectivity index (χ0v) is 19.2. The second-order valence-corrected chi connectivity index (χ2v) is 8.19. The first-order valence-electron chi connectivity index (χ1n) is 11.7. The van der Waals surface area contributed by atoms with Crippen LogP contribution in [0.5, 0.6) is 5.75 Å². The fourth-order valence-electron chi connectivity index (χ4n) is 4.24. The fourth-order valence-corrected chi connectivity index (χ4v) is 4.24. The van der Waals surface area contributed by atoms with Crippen molar-refractivity contribution >= 4 is 11.6 Å². The zero-order valence-electron chi connectivity index (χ0n) is 19.2. The number of methoxy groups -OCH3 is 1. The lowest BCUT2D eigenvalue weighted by molar-refractivity contribution is 0.117.